The molecule has 0 fully saturated rings. The van der Waals surface area contributed by atoms with Crippen molar-refractivity contribution in [1.82, 2.24) is 19.7 Å². The highest BCUT2D eigenvalue weighted by Crippen LogP contribution is 2.27. The van der Waals surface area contributed by atoms with Gasteiger partial charge in [-0.05, 0) is 43.2 Å². The van der Waals surface area contributed by atoms with E-state index in [0.29, 0.717) is 5.75 Å². The summed E-state index contributed by atoms with van der Waals surface area (Å²) in [5, 5.41) is 9.59. The molecule has 7 heteroatoms. The summed E-state index contributed by atoms with van der Waals surface area (Å²) in [5.74, 6) is 2.01. The predicted molar refractivity (Wildman–Crippen MR) is 125 cm³/mol. The highest BCUT2D eigenvalue weighted by Gasteiger charge is 2.20. The van der Waals surface area contributed by atoms with Gasteiger partial charge in [0.25, 0.3) is 0 Å². The van der Waals surface area contributed by atoms with Crippen molar-refractivity contribution >= 4 is 17.7 Å². The first-order chi connectivity index (χ1) is 15.0. The van der Waals surface area contributed by atoms with Crippen molar-refractivity contribution < 1.29 is 9.53 Å². The molecule has 3 rings (SSSR count). The molecule has 1 aromatic heterocycles. The summed E-state index contributed by atoms with van der Waals surface area (Å²) in [6, 6.07) is 17.9. The van der Waals surface area contributed by atoms with E-state index in [2.05, 4.69) is 21.7 Å². The highest BCUT2D eigenvalue weighted by molar-refractivity contribution is 7.99. The number of carbonyl (C=O) groups is 1. The average molecular weight is 439 g/mol. The van der Waals surface area contributed by atoms with E-state index >= 15 is 0 Å². The van der Waals surface area contributed by atoms with Crippen LogP contribution < -0.4 is 4.74 Å². The van der Waals surface area contributed by atoms with Gasteiger partial charge in [0.2, 0.25) is 5.91 Å². The summed E-state index contributed by atoms with van der Waals surface area (Å²) in [5.41, 5.74) is 2.11. The van der Waals surface area contributed by atoms with Gasteiger partial charge < -0.3 is 14.2 Å². The van der Waals surface area contributed by atoms with Gasteiger partial charge in [-0.3, -0.25) is 4.79 Å². The largest absolute Gasteiger partial charge is 0.497 e. The van der Waals surface area contributed by atoms with E-state index in [-0.39, 0.29) is 11.9 Å². The molecular weight excluding hydrogens is 408 g/mol. The Balaban J connectivity index is 1.73. The molecule has 0 saturated carbocycles. The molecule has 1 unspecified atom stereocenters. The summed E-state index contributed by atoms with van der Waals surface area (Å²) in [7, 11) is 3.51. The van der Waals surface area contributed by atoms with Gasteiger partial charge >= 0.3 is 0 Å². The van der Waals surface area contributed by atoms with Crippen molar-refractivity contribution in [3.05, 3.63) is 60.2 Å². The summed E-state index contributed by atoms with van der Waals surface area (Å²) in [4.78, 5) is 14.6. The molecule has 0 aliphatic heterocycles. The van der Waals surface area contributed by atoms with Crippen LogP contribution in [0.25, 0.3) is 11.4 Å². The van der Waals surface area contributed by atoms with Crippen LogP contribution in [0.1, 0.15) is 38.3 Å². The van der Waals surface area contributed by atoms with Gasteiger partial charge in [0, 0.05) is 19.2 Å². The number of aromatic nitrogens is 3. The second kappa shape index (κ2) is 11.0. The molecule has 0 radical (unpaired) electrons. The van der Waals surface area contributed by atoms with Gasteiger partial charge in [0.05, 0.1) is 18.9 Å². The lowest BCUT2D eigenvalue weighted by Gasteiger charge is -2.25. The molecule has 2 aromatic carbocycles. The van der Waals surface area contributed by atoms with E-state index < -0.39 is 0 Å². The standard InChI is InChI=1S/C24H30N4O2S/c1-5-6-16-28-23(20-12-14-21(30-4)15-13-20)25-26-24(28)31-17-22(29)27(3)18(2)19-10-8-7-9-11-19/h7-15,18H,5-6,16-17H2,1-4H3. The molecule has 6 nitrogen and oxygen atoms in total. The smallest absolute Gasteiger partial charge is 0.233 e. The summed E-state index contributed by atoms with van der Waals surface area (Å²) >= 11 is 1.44. The maximum absolute atomic E-state index is 12.8. The normalized spacial score (nSPS) is 11.9. The van der Waals surface area contributed by atoms with Crippen LogP contribution in [0.5, 0.6) is 5.75 Å². The lowest BCUT2D eigenvalue weighted by atomic mass is 10.1. The van der Waals surface area contributed by atoms with Gasteiger partial charge in [0.15, 0.2) is 11.0 Å². The zero-order valence-corrected chi connectivity index (χ0v) is 19.4. The SMILES string of the molecule is CCCCn1c(SCC(=O)N(C)C(C)c2ccccc2)nnc1-c1ccc(OC)cc1. The van der Waals surface area contributed by atoms with Gasteiger partial charge in [-0.2, -0.15) is 0 Å². The van der Waals surface area contributed by atoms with Gasteiger partial charge in [-0.25, -0.2) is 0 Å². The predicted octanol–water partition coefficient (Wildman–Crippen LogP) is 5.07. The number of thioether (sulfide) groups is 1. The third kappa shape index (κ3) is 5.67. The van der Waals surface area contributed by atoms with E-state index in [1.54, 1.807) is 12.0 Å². The Hall–Kier alpha value is -2.80. The minimum absolute atomic E-state index is 0.0159. The summed E-state index contributed by atoms with van der Waals surface area (Å²) in [6.45, 7) is 5.02. The lowest BCUT2D eigenvalue weighted by Crippen LogP contribution is -2.31. The number of amides is 1. The monoisotopic (exact) mass is 438 g/mol. The van der Waals surface area contributed by atoms with E-state index in [9.17, 15) is 4.79 Å². The average Bonchev–Trinajstić information content (AvgIpc) is 3.23. The fourth-order valence-electron chi connectivity index (χ4n) is 3.27. The number of nitrogens with zero attached hydrogens (tertiary/aromatic N) is 4. The van der Waals surface area contributed by atoms with Crippen LogP contribution in [0.2, 0.25) is 0 Å². The van der Waals surface area contributed by atoms with Gasteiger partial charge in [0.1, 0.15) is 5.75 Å². The summed E-state index contributed by atoms with van der Waals surface area (Å²) < 4.78 is 7.37. The number of rotatable bonds is 10. The van der Waals surface area contributed by atoms with Crippen molar-refractivity contribution in [3.8, 4) is 17.1 Å². The number of benzene rings is 2. The number of hydrogen-bond donors (Lipinski definition) is 0. The lowest BCUT2D eigenvalue weighted by molar-refractivity contribution is -0.128. The zero-order chi connectivity index (χ0) is 22.2. The van der Waals surface area contributed by atoms with Crippen molar-refractivity contribution in [1.29, 1.82) is 0 Å². The maximum Gasteiger partial charge on any atom is 0.233 e. The topological polar surface area (TPSA) is 60.2 Å². The molecule has 1 heterocycles. The molecule has 0 aliphatic carbocycles. The molecule has 31 heavy (non-hydrogen) atoms. The fraction of sp³-hybridized carbons (Fsp3) is 0.375. The van der Waals surface area contributed by atoms with Gasteiger partial charge in [-0.1, -0.05) is 55.4 Å². The van der Waals surface area contributed by atoms with Crippen LogP contribution in [0.3, 0.4) is 0 Å². The second-order valence-corrected chi connectivity index (χ2v) is 8.36. The Morgan fingerprint density at radius 3 is 2.48 bits per heavy atom. The van der Waals surface area contributed by atoms with E-state index in [4.69, 9.17) is 4.74 Å². The minimum Gasteiger partial charge on any atom is -0.497 e. The first-order valence-corrected chi connectivity index (χ1v) is 11.5. The zero-order valence-electron chi connectivity index (χ0n) is 18.6. The van der Waals surface area contributed by atoms with Crippen LogP contribution in [-0.2, 0) is 11.3 Å². The fourth-order valence-corrected chi connectivity index (χ4v) is 4.15. The van der Waals surface area contributed by atoms with Crippen molar-refractivity contribution in [2.45, 2.75) is 44.4 Å². The second-order valence-electron chi connectivity index (χ2n) is 7.42. The third-order valence-corrected chi connectivity index (χ3v) is 6.33. The molecule has 0 bridgehead atoms. The molecular formula is C24H30N4O2S. The molecule has 0 N–H and O–H groups in total. The Morgan fingerprint density at radius 2 is 1.84 bits per heavy atom. The molecule has 0 spiro atoms. The van der Waals surface area contributed by atoms with E-state index in [1.165, 1.54) is 11.8 Å². The molecule has 1 atom stereocenters. The Kier molecular flexibility index (Phi) is 8.12. The van der Waals surface area contributed by atoms with Crippen LogP contribution in [0.4, 0.5) is 0 Å². The Labute approximate surface area is 188 Å². The molecule has 0 saturated heterocycles. The first kappa shape index (κ1) is 22.9. The number of unbranched alkanes of at least 4 members (excludes halogenated alkanes) is 1. The quantitative estimate of drug-likeness (QED) is 0.414. The van der Waals surface area contributed by atoms with E-state index in [0.717, 1.165) is 47.2 Å². The number of ether oxygens (including phenoxy) is 1. The van der Waals surface area contributed by atoms with Gasteiger partial charge in [-0.15, -0.1) is 10.2 Å². The van der Waals surface area contributed by atoms with E-state index in [1.807, 2.05) is 68.6 Å². The van der Waals surface area contributed by atoms with Crippen LogP contribution in [0.15, 0.2) is 59.8 Å². The summed E-state index contributed by atoms with van der Waals surface area (Å²) in [6.07, 6.45) is 2.09. The minimum atomic E-state index is 0.0159. The number of methoxy groups -OCH3 is 1. The molecule has 1 amide bonds. The number of hydrogen-bond acceptors (Lipinski definition) is 5. The van der Waals surface area contributed by atoms with Crippen molar-refractivity contribution in [3.63, 3.8) is 0 Å². The maximum atomic E-state index is 12.8. The highest BCUT2D eigenvalue weighted by atomic mass is 32.2. The van der Waals surface area contributed by atoms with Crippen LogP contribution in [0, 0.1) is 0 Å². The Morgan fingerprint density at radius 1 is 1.13 bits per heavy atom. The van der Waals surface area contributed by atoms with Crippen molar-refractivity contribution in [2.75, 3.05) is 19.9 Å². The molecule has 3 aromatic rings. The Bertz CT molecular complexity index is 973. The van der Waals surface area contributed by atoms with Crippen LogP contribution >= 0.6 is 11.8 Å². The van der Waals surface area contributed by atoms with Crippen molar-refractivity contribution in [2.24, 2.45) is 0 Å². The van der Waals surface area contributed by atoms with Crippen LogP contribution in [-0.4, -0.2) is 45.5 Å². The third-order valence-electron chi connectivity index (χ3n) is 5.38. The molecule has 0 aliphatic rings. The molecule has 164 valence electrons. The number of carbonyl (C=O) groups excluding carboxylic acids is 1. The first-order valence-electron chi connectivity index (χ1n) is 10.6.